The smallest absolute Gasteiger partial charge is 0.261 e. The van der Waals surface area contributed by atoms with Crippen LogP contribution in [0.2, 0.25) is 0 Å². The molecule has 1 aliphatic carbocycles. The summed E-state index contributed by atoms with van der Waals surface area (Å²) < 4.78 is 1.77. The topological polar surface area (TPSA) is 39.1 Å². The fourth-order valence-corrected chi connectivity index (χ4v) is 3.41. The first-order valence-electron chi connectivity index (χ1n) is 8.48. The monoisotopic (exact) mass is 309 g/mol. The molecular formula is C20H23NO2. The number of carbonyl (C=O) groups is 1. The zero-order valence-electron chi connectivity index (χ0n) is 13.8. The van der Waals surface area contributed by atoms with Gasteiger partial charge in [-0.3, -0.25) is 9.59 Å². The van der Waals surface area contributed by atoms with Crippen LogP contribution in [0.25, 0.3) is 11.3 Å². The van der Waals surface area contributed by atoms with E-state index in [0.717, 1.165) is 30.5 Å². The Bertz CT molecular complexity index is 789. The van der Waals surface area contributed by atoms with E-state index in [2.05, 4.69) is 25.1 Å². The number of benzene rings is 1. The Hall–Kier alpha value is -2.16. The molecule has 1 heterocycles. The molecule has 1 aromatic heterocycles. The molecule has 0 radical (unpaired) electrons. The number of pyridine rings is 1. The fourth-order valence-electron chi connectivity index (χ4n) is 3.41. The van der Waals surface area contributed by atoms with E-state index in [-0.39, 0.29) is 17.2 Å². The minimum atomic E-state index is -0.190. The number of aryl methyl sites for hydroxylation is 2. The van der Waals surface area contributed by atoms with Crippen molar-refractivity contribution in [3.05, 3.63) is 57.4 Å². The first-order valence-corrected chi connectivity index (χ1v) is 8.48. The van der Waals surface area contributed by atoms with Crippen LogP contribution in [-0.2, 0) is 12.8 Å². The molecule has 23 heavy (non-hydrogen) atoms. The van der Waals surface area contributed by atoms with Gasteiger partial charge in [-0.25, -0.2) is 0 Å². The highest BCUT2D eigenvalue weighted by Crippen LogP contribution is 2.28. The maximum Gasteiger partial charge on any atom is 0.261 e. The van der Waals surface area contributed by atoms with Crippen LogP contribution in [0.4, 0.5) is 0 Å². The van der Waals surface area contributed by atoms with Gasteiger partial charge < -0.3 is 4.57 Å². The van der Waals surface area contributed by atoms with Crippen molar-refractivity contribution < 1.29 is 4.79 Å². The molecule has 1 atom stereocenters. The van der Waals surface area contributed by atoms with Crippen molar-refractivity contribution in [2.75, 3.05) is 0 Å². The molecule has 1 unspecified atom stereocenters. The predicted octanol–water partition coefficient (Wildman–Crippen LogP) is 4.18. The second-order valence-corrected chi connectivity index (χ2v) is 6.41. The predicted molar refractivity (Wildman–Crippen MR) is 93.2 cm³/mol. The average Bonchev–Trinajstić information content (AvgIpc) is 2.60. The standard InChI is InChI=1S/C20H23NO2/c1-3-14(2)21-19(11-10-18(13-22)20(21)23)17-9-8-15-6-4-5-7-16(15)12-17/h8-14H,3-7H2,1-2H3. The van der Waals surface area contributed by atoms with Gasteiger partial charge in [-0.15, -0.1) is 0 Å². The molecule has 1 aromatic carbocycles. The largest absolute Gasteiger partial charge is 0.305 e. The Balaban J connectivity index is 2.17. The van der Waals surface area contributed by atoms with Crippen molar-refractivity contribution in [2.45, 2.75) is 52.0 Å². The van der Waals surface area contributed by atoms with Crippen LogP contribution in [0.3, 0.4) is 0 Å². The Morgan fingerprint density at radius 1 is 1.13 bits per heavy atom. The normalized spacial score (nSPS) is 15.0. The van der Waals surface area contributed by atoms with Gasteiger partial charge >= 0.3 is 0 Å². The molecule has 0 bridgehead atoms. The summed E-state index contributed by atoms with van der Waals surface area (Å²) in [5.74, 6) is 0. The highest BCUT2D eigenvalue weighted by atomic mass is 16.1. The molecule has 0 spiro atoms. The highest BCUT2D eigenvalue weighted by molar-refractivity contribution is 5.75. The van der Waals surface area contributed by atoms with Crippen LogP contribution in [0.15, 0.2) is 35.1 Å². The first kappa shape index (κ1) is 15.7. The molecule has 1 aliphatic rings. The number of aromatic nitrogens is 1. The molecule has 3 heteroatoms. The minimum absolute atomic E-state index is 0.0634. The zero-order chi connectivity index (χ0) is 16.4. The van der Waals surface area contributed by atoms with Gasteiger partial charge in [0, 0.05) is 6.04 Å². The van der Waals surface area contributed by atoms with E-state index >= 15 is 0 Å². The summed E-state index contributed by atoms with van der Waals surface area (Å²) in [6.07, 6.45) is 6.26. The zero-order valence-corrected chi connectivity index (χ0v) is 13.8. The molecule has 3 rings (SSSR count). The second-order valence-electron chi connectivity index (χ2n) is 6.41. The molecule has 0 saturated heterocycles. The summed E-state index contributed by atoms with van der Waals surface area (Å²) in [5.41, 5.74) is 4.85. The second kappa shape index (κ2) is 6.53. The average molecular weight is 309 g/mol. The van der Waals surface area contributed by atoms with Crippen molar-refractivity contribution in [1.29, 1.82) is 0 Å². The summed E-state index contributed by atoms with van der Waals surface area (Å²) in [6, 6.07) is 10.1. The number of rotatable bonds is 4. The number of nitrogens with zero attached hydrogens (tertiary/aromatic N) is 1. The van der Waals surface area contributed by atoms with Crippen LogP contribution in [0.1, 0.15) is 60.6 Å². The third-order valence-electron chi connectivity index (χ3n) is 4.95. The van der Waals surface area contributed by atoms with Crippen molar-refractivity contribution in [1.82, 2.24) is 4.57 Å². The summed E-state index contributed by atoms with van der Waals surface area (Å²) in [4.78, 5) is 23.7. The van der Waals surface area contributed by atoms with Gasteiger partial charge in [-0.1, -0.05) is 19.1 Å². The lowest BCUT2D eigenvalue weighted by Crippen LogP contribution is -2.27. The lowest BCUT2D eigenvalue weighted by atomic mass is 9.89. The van der Waals surface area contributed by atoms with Crippen molar-refractivity contribution in [3.63, 3.8) is 0 Å². The third kappa shape index (κ3) is 2.88. The lowest BCUT2D eigenvalue weighted by Gasteiger charge is -2.21. The van der Waals surface area contributed by atoms with E-state index in [1.165, 1.54) is 24.0 Å². The van der Waals surface area contributed by atoms with E-state index in [1.54, 1.807) is 10.6 Å². The number of aldehydes is 1. The van der Waals surface area contributed by atoms with Gasteiger partial charge in [0.2, 0.25) is 0 Å². The number of hydrogen-bond acceptors (Lipinski definition) is 2. The van der Waals surface area contributed by atoms with Crippen LogP contribution in [0, 0.1) is 0 Å². The summed E-state index contributed by atoms with van der Waals surface area (Å²) >= 11 is 0. The molecule has 0 saturated carbocycles. The highest BCUT2D eigenvalue weighted by Gasteiger charge is 2.16. The lowest BCUT2D eigenvalue weighted by molar-refractivity contribution is 0.112. The van der Waals surface area contributed by atoms with E-state index in [1.807, 2.05) is 13.0 Å². The molecule has 0 aliphatic heterocycles. The molecule has 3 nitrogen and oxygen atoms in total. The maximum absolute atomic E-state index is 12.6. The van der Waals surface area contributed by atoms with Crippen molar-refractivity contribution >= 4 is 6.29 Å². The Morgan fingerprint density at radius 2 is 1.87 bits per heavy atom. The number of hydrogen-bond donors (Lipinski definition) is 0. The molecular weight excluding hydrogens is 286 g/mol. The van der Waals surface area contributed by atoms with Gasteiger partial charge in [0.05, 0.1) is 11.3 Å². The van der Waals surface area contributed by atoms with E-state index < -0.39 is 0 Å². The summed E-state index contributed by atoms with van der Waals surface area (Å²) in [5, 5.41) is 0. The Morgan fingerprint density at radius 3 is 2.57 bits per heavy atom. The van der Waals surface area contributed by atoms with Gasteiger partial charge in [-0.2, -0.15) is 0 Å². The third-order valence-corrected chi connectivity index (χ3v) is 4.95. The molecule has 120 valence electrons. The first-order chi connectivity index (χ1) is 11.2. The van der Waals surface area contributed by atoms with Crippen molar-refractivity contribution in [3.8, 4) is 11.3 Å². The summed E-state index contributed by atoms with van der Waals surface area (Å²) in [6.45, 7) is 4.08. The van der Waals surface area contributed by atoms with Crippen LogP contribution < -0.4 is 5.56 Å². The van der Waals surface area contributed by atoms with Crippen LogP contribution in [0.5, 0.6) is 0 Å². The van der Waals surface area contributed by atoms with E-state index in [9.17, 15) is 9.59 Å². The van der Waals surface area contributed by atoms with Crippen LogP contribution >= 0.6 is 0 Å². The van der Waals surface area contributed by atoms with Gasteiger partial charge in [0.1, 0.15) is 0 Å². The SMILES string of the molecule is CCC(C)n1c(-c2ccc3c(c2)CCCC3)ccc(C=O)c1=O. The Labute approximate surface area is 137 Å². The van der Waals surface area contributed by atoms with Gasteiger partial charge in [-0.05, 0) is 73.9 Å². The molecule has 0 N–H and O–H groups in total. The van der Waals surface area contributed by atoms with Gasteiger partial charge in [0.15, 0.2) is 6.29 Å². The van der Waals surface area contributed by atoms with Crippen molar-refractivity contribution in [2.24, 2.45) is 0 Å². The fraction of sp³-hybridized carbons (Fsp3) is 0.400. The minimum Gasteiger partial charge on any atom is -0.305 e. The molecule has 2 aromatic rings. The van der Waals surface area contributed by atoms with Gasteiger partial charge in [0.25, 0.3) is 5.56 Å². The van der Waals surface area contributed by atoms with E-state index in [4.69, 9.17) is 0 Å². The Kier molecular flexibility index (Phi) is 4.46. The number of fused-ring (bicyclic) bond motifs is 1. The summed E-state index contributed by atoms with van der Waals surface area (Å²) in [7, 11) is 0. The van der Waals surface area contributed by atoms with E-state index in [0.29, 0.717) is 6.29 Å². The number of carbonyl (C=O) groups excluding carboxylic acids is 1. The van der Waals surface area contributed by atoms with Crippen LogP contribution in [-0.4, -0.2) is 10.9 Å². The quantitative estimate of drug-likeness (QED) is 0.795. The maximum atomic E-state index is 12.6. The molecule has 0 fully saturated rings. The molecule has 0 amide bonds.